The molecule has 0 aliphatic carbocycles. The average Bonchev–Trinajstić information content (AvgIpc) is 2.58. The lowest BCUT2D eigenvalue weighted by Crippen LogP contribution is -2.36. The Balaban J connectivity index is 2.89. The highest BCUT2D eigenvalue weighted by atomic mass is 16.5. The molecule has 78 valence electrons. The Morgan fingerprint density at radius 1 is 1.50 bits per heavy atom. The molecule has 0 aromatic heterocycles. The van der Waals surface area contributed by atoms with E-state index in [2.05, 4.69) is 0 Å². The Morgan fingerprint density at radius 3 is 2.57 bits per heavy atom. The molecule has 1 heterocycles. The molecule has 3 nitrogen and oxygen atoms in total. The number of likely N-dealkylation sites (N-methyl/N-ethyl adjacent to an activating group) is 1. The van der Waals surface area contributed by atoms with Crippen molar-refractivity contribution in [3.05, 3.63) is 23.5 Å². The van der Waals surface area contributed by atoms with Crippen LogP contribution in [-0.2, 0) is 9.53 Å². The van der Waals surface area contributed by atoms with E-state index in [1.165, 1.54) is 0 Å². The maximum Gasteiger partial charge on any atom is 0.219 e. The van der Waals surface area contributed by atoms with E-state index < -0.39 is 0 Å². The summed E-state index contributed by atoms with van der Waals surface area (Å²) in [5.41, 5.74) is 1.10. The zero-order valence-electron chi connectivity index (χ0n) is 9.20. The van der Waals surface area contributed by atoms with Gasteiger partial charge in [-0.05, 0) is 19.9 Å². The van der Waals surface area contributed by atoms with Gasteiger partial charge in [0.25, 0.3) is 0 Å². The molecule has 0 aromatic carbocycles. The fraction of sp³-hybridized carbons (Fsp3) is 0.545. The second kappa shape index (κ2) is 4.31. The van der Waals surface area contributed by atoms with Gasteiger partial charge in [-0.3, -0.25) is 4.79 Å². The van der Waals surface area contributed by atoms with Crippen LogP contribution >= 0.6 is 0 Å². The number of ether oxygens (including phenoxy) is 1. The number of nitrogens with zero attached hydrogens (tertiary/aromatic N) is 1. The lowest BCUT2D eigenvalue weighted by Gasteiger charge is -2.21. The fourth-order valence-electron chi connectivity index (χ4n) is 1.63. The number of carbonyl (C=O) groups excluding carboxylic acids is 1. The van der Waals surface area contributed by atoms with Gasteiger partial charge in [0.1, 0.15) is 12.4 Å². The number of rotatable bonds is 1. The van der Waals surface area contributed by atoms with E-state index in [9.17, 15) is 4.79 Å². The van der Waals surface area contributed by atoms with Crippen molar-refractivity contribution >= 4 is 5.91 Å². The Hall–Kier alpha value is -1.25. The van der Waals surface area contributed by atoms with Gasteiger partial charge in [-0.1, -0.05) is 6.08 Å². The second-order valence-corrected chi connectivity index (χ2v) is 3.35. The second-order valence-electron chi connectivity index (χ2n) is 3.35. The highest BCUT2D eigenvalue weighted by molar-refractivity contribution is 5.74. The van der Waals surface area contributed by atoms with Crippen LogP contribution in [0.1, 0.15) is 20.8 Å². The monoisotopic (exact) mass is 195 g/mol. The molecule has 1 amide bonds. The molecule has 0 aromatic rings. The van der Waals surface area contributed by atoms with E-state index in [-0.39, 0.29) is 11.9 Å². The fourth-order valence-corrected chi connectivity index (χ4v) is 1.63. The standard InChI is InChI=1S/C11H17NO2/c1-5-9-10(12(4)8(3)13)7-14-11(9)6-2/h5-6,10H,7H2,1-4H3/b9-5-,11-6+. The van der Waals surface area contributed by atoms with E-state index >= 15 is 0 Å². The summed E-state index contributed by atoms with van der Waals surface area (Å²) in [6.07, 6.45) is 3.94. The summed E-state index contributed by atoms with van der Waals surface area (Å²) in [4.78, 5) is 12.9. The first-order chi connectivity index (χ1) is 6.61. The summed E-state index contributed by atoms with van der Waals surface area (Å²) in [5, 5.41) is 0. The molecule has 0 N–H and O–H groups in total. The van der Waals surface area contributed by atoms with Crippen molar-refractivity contribution in [1.29, 1.82) is 0 Å². The van der Waals surface area contributed by atoms with Crippen LogP contribution in [0.25, 0.3) is 0 Å². The summed E-state index contributed by atoms with van der Waals surface area (Å²) in [6, 6.07) is 0.0729. The maximum atomic E-state index is 11.2. The quantitative estimate of drug-likeness (QED) is 0.637. The molecule has 1 aliphatic heterocycles. The number of amides is 1. The molecule has 0 saturated carbocycles. The molecule has 3 heteroatoms. The normalized spacial score (nSPS) is 26.7. The number of hydrogen-bond acceptors (Lipinski definition) is 2. The van der Waals surface area contributed by atoms with Gasteiger partial charge >= 0.3 is 0 Å². The molecule has 1 atom stereocenters. The third kappa shape index (κ3) is 1.81. The lowest BCUT2D eigenvalue weighted by molar-refractivity contribution is -0.129. The van der Waals surface area contributed by atoms with Crippen molar-refractivity contribution in [1.82, 2.24) is 4.90 Å². The van der Waals surface area contributed by atoms with Crippen LogP contribution in [-0.4, -0.2) is 30.5 Å². The Kier molecular flexibility index (Phi) is 3.33. The molecule has 1 saturated heterocycles. The Bertz CT molecular complexity index is 292. The average molecular weight is 195 g/mol. The van der Waals surface area contributed by atoms with Gasteiger partial charge in [-0.2, -0.15) is 0 Å². The van der Waals surface area contributed by atoms with Gasteiger partial charge in [-0.25, -0.2) is 0 Å². The van der Waals surface area contributed by atoms with Gasteiger partial charge in [0, 0.05) is 19.5 Å². The minimum Gasteiger partial charge on any atom is -0.491 e. The highest BCUT2D eigenvalue weighted by Gasteiger charge is 2.30. The van der Waals surface area contributed by atoms with Crippen LogP contribution in [0.2, 0.25) is 0 Å². The molecule has 0 spiro atoms. The number of allylic oxidation sites excluding steroid dienone is 2. The first-order valence-electron chi connectivity index (χ1n) is 4.80. The largest absolute Gasteiger partial charge is 0.491 e. The lowest BCUT2D eigenvalue weighted by atomic mass is 10.1. The molecule has 0 bridgehead atoms. The predicted octanol–water partition coefficient (Wildman–Crippen LogP) is 1.71. The van der Waals surface area contributed by atoms with E-state index in [1.54, 1.807) is 18.9 Å². The molecular weight excluding hydrogens is 178 g/mol. The van der Waals surface area contributed by atoms with Crippen molar-refractivity contribution < 1.29 is 9.53 Å². The molecular formula is C11H17NO2. The van der Waals surface area contributed by atoms with Crippen molar-refractivity contribution in [2.24, 2.45) is 0 Å². The zero-order chi connectivity index (χ0) is 10.7. The predicted molar refractivity (Wildman–Crippen MR) is 55.7 cm³/mol. The zero-order valence-corrected chi connectivity index (χ0v) is 9.20. The summed E-state index contributed by atoms with van der Waals surface area (Å²) >= 11 is 0. The van der Waals surface area contributed by atoms with E-state index in [0.29, 0.717) is 6.61 Å². The summed E-state index contributed by atoms with van der Waals surface area (Å²) in [7, 11) is 1.80. The SMILES string of the molecule is C/C=C1\C(=C/C)OCC1N(C)C(C)=O. The van der Waals surface area contributed by atoms with Crippen LogP contribution in [0, 0.1) is 0 Å². The van der Waals surface area contributed by atoms with Crippen LogP contribution < -0.4 is 0 Å². The first kappa shape index (κ1) is 10.8. The van der Waals surface area contributed by atoms with Crippen molar-refractivity contribution in [3.63, 3.8) is 0 Å². The summed E-state index contributed by atoms with van der Waals surface area (Å²) in [6.45, 7) is 6.04. The molecule has 14 heavy (non-hydrogen) atoms. The van der Waals surface area contributed by atoms with E-state index in [4.69, 9.17) is 4.74 Å². The van der Waals surface area contributed by atoms with Crippen molar-refractivity contribution in [2.75, 3.05) is 13.7 Å². The topological polar surface area (TPSA) is 29.5 Å². The molecule has 1 unspecified atom stereocenters. The highest BCUT2D eigenvalue weighted by Crippen LogP contribution is 2.27. The van der Waals surface area contributed by atoms with Crippen molar-refractivity contribution in [2.45, 2.75) is 26.8 Å². The molecule has 0 radical (unpaired) electrons. The van der Waals surface area contributed by atoms with Gasteiger partial charge in [0.05, 0.1) is 6.04 Å². The van der Waals surface area contributed by atoms with Crippen LogP contribution in [0.5, 0.6) is 0 Å². The molecule has 1 fully saturated rings. The maximum absolute atomic E-state index is 11.2. The van der Waals surface area contributed by atoms with Crippen LogP contribution in [0.4, 0.5) is 0 Å². The number of hydrogen-bond donors (Lipinski definition) is 0. The Morgan fingerprint density at radius 2 is 2.14 bits per heavy atom. The van der Waals surface area contributed by atoms with Crippen LogP contribution in [0.15, 0.2) is 23.5 Å². The van der Waals surface area contributed by atoms with E-state index in [0.717, 1.165) is 11.3 Å². The van der Waals surface area contributed by atoms with Crippen LogP contribution in [0.3, 0.4) is 0 Å². The van der Waals surface area contributed by atoms with Gasteiger partial charge < -0.3 is 9.64 Å². The third-order valence-electron chi connectivity index (χ3n) is 2.58. The van der Waals surface area contributed by atoms with Gasteiger partial charge in [-0.15, -0.1) is 0 Å². The third-order valence-corrected chi connectivity index (χ3v) is 2.58. The van der Waals surface area contributed by atoms with Gasteiger partial charge in [0.2, 0.25) is 5.91 Å². The Labute approximate surface area is 85.0 Å². The first-order valence-corrected chi connectivity index (χ1v) is 4.80. The minimum atomic E-state index is 0.0651. The summed E-state index contributed by atoms with van der Waals surface area (Å²) < 4.78 is 5.49. The number of carbonyl (C=O) groups is 1. The smallest absolute Gasteiger partial charge is 0.219 e. The van der Waals surface area contributed by atoms with E-state index in [1.807, 2.05) is 26.0 Å². The minimum absolute atomic E-state index is 0.0651. The van der Waals surface area contributed by atoms with Crippen molar-refractivity contribution in [3.8, 4) is 0 Å². The molecule has 1 aliphatic rings. The summed E-state index contributed by atoms with van der Waals surface area (Å²) in [5.74, 6) is 0.959. The molecule has 1 rings (SSSR count). The van der Waals surface area contributed by atoms with Gasteiger partial charge in [0.15, 0.2) is 0 Å².